The monoisotopic (exact) mass is 315 g/mol. The van der Waals surface area contributed by atoms with Crippen molar-refractivity contribution in [2.45, 2.75) is 19.3 Å². The second-order valence-electron chi connectivity index (χ2n) is 7.01. The SMILES string of the molecule is O=c1[nH]c2c3c4c1Cc1[nH]c(=O)c5c(c14)c1c([nH]c(=O)c(c31)C2)C5. The van der Waals surface area contributed by atoms with Gasteiger partial charge in [0.1, 0.15) is 0 Å². The van der Waals surface area contributed by atoms with Crippen LogP contribution in [-0.2, 0) is 19.3 Å². The van der Waals surface area contributed by atoms with Gasteiger partial charge in [0.15, 0.2) is 0 Å². The van der Waals surface area contributed by atoms with Crippen LogP contribution in [-0.4, -0.2) is 15.0 Å². The van der Waals surface area contributed by atoms with E-state index in [0.29, 0.717) is 36.0 Å². The lowest BCUT2D eigenvalue weighted by Gasteiger charge is -2.07. The van der Waals surface area contributed by atoms with Crippen LogP contribution < -0.4 is 16.7 Å². The van der Waals surface area contributed by atoms with Gasteiger partial charge in [-0.05, 0) is 0 Å². The summed E-state index contributed by atoms with van der Waals surface area (Å²) in [5, 5.41) is 5.86. The molecule has 0 aliphatic heterocycles. The predicted molar refractivity (Wildman–Crippen MR) is 89.2 cm³/mol. The van der Waals surface area contributed by atoms with Crippen LogP contribution in [0.1, 0.15) is 33.8 Å². The van der Waals surface area contributed by atoms with E-state index < -0.39 is 0 Å². The van der Waals surface area contributed by atoms with Gasteiger partial charge in [-0.15, -0.1) is 0 Å². The zero-order valence-corrected chi connectivity index (χ0v) is 12.3. The topological polar surface area (TPSA) is 98.6 Å². The molecule has 0 unspecified atom stereocenters. The molecule has 0 saturated heterocycles. The molecule has 1 aromatic carbocycles. The van der Waals surface area contributed by atoms with E-state index in [1.807, 2.05) is 0 Å². The highest BCUT2D eigenvalue weighted by Crippen LogP contribution is 2.49. The van der Waals surface area contributed by atoms with Gasteiger partial charge >= 0.3 is 0 Å². The van der Waals surface area contributed by atoms with Crippen molar-refractivity contribution in [3.05, 3.63) is 64.8 Å². The number of hydrogen-bond acceptors (Lipinski definition) is 3. The molecule has 3 N–H and O–H groups in total. The second-order valence-corrected chi connectivity index (χ2v) is 7.01. The molecule has 114 valence electrons. The van der Waals surface area contributed by atoms with Gasteiger partial charge < -0.3 is 15.0 Å². The number of H-pyrrole nitrogens is 3. The van der Waals surface area contributed by atoms with Crippen molar-refractivity contribution >= 4 is 32.3 Å². The average Bonchev–Trinajstić information content (AvgIpc) is 3.18. The van der Waals surface area contributed by atoms with E-state index in [9.17, 15) is 14.4 Å². The lowest BCUT2D eigenvalue weighted by atomic mass is 9.98. The quantitative estimate of drug-likeness (QED) is 0.363. The van der Waals surface area contributed by atoms with E-state index in [1.54, 1.807) is 0 Å². The van der Waals surface area contributed by atoms with Gasteiger partial charge in [0.25, 0.3) is 16.7 Å². The van der Waals surface area contributed by atoms with E-state index in [0.717, 1.165) is 49.4 Å². The van der Waals surface area contributed by atoms with Crippen molar-refractivity contribution in [1.82, 2.24) is 15.0 Å². The third-order valence-electron chi connectivity index (χ3n) is 5.99. The van der Waals surface area contributed by atoms with Crippen LogP contribution in [0.5, 0.6) is 0 Å². The average molecular weight is 315 g/mol. The normalized spacial score (nSPS) is 15.5. The first-order valence-electron chi connectivity index (χ1n) is 7.98. The summed E-state index contributed by atoms with van der Waals surface area (Å²) in [7, 11) is 0. The molecular weight excluding hydrogens is 306 g/mol. The van der Waals surface area contributed by atoms with E-state index in [1.165, 1.54) is 0 Å². The van der Waals surface area contributed by atoms with Crippen LogP contribution >= 0.6 is 0 Å². The Kier molecular flexibility index (Phi) is 1.46. The summed E-state index contributed by atoms with van der Waals surface area (Å²) in [4.78, 5) is 46.5. The molecule has 3 aliphatic carbocycles. The molecule has 24 heavy (non-hydrogen) atoms. The highest BCUT2D eigenvalue weighted by molar-refractivity contribution is 6.32. The number of rotatable bonds is 0. The van der Waals surface area contributed by atoms with Gasteiger partial charge in [0, 0.05) is 85.4 Å². The van der Waals surface area contributed by atoms with E-state index in [-0.39, 0.29) is 16.7 Å². The molecule has 3 heterocycles. The summed E-state index contributed by atoms with van der Waals surface area (Å²) in [6.45, 7) is 0. The Morgan fingerprint density at radius 2 is 0.750 bits per heavy atom. The Labute approximate surface area is 132 Å². The number of benzene rings is 1. The van der Waals surface area contributed by atoms with Crippen LogP contribution in [0, 0.1) is 0 Å². The van der Waals surface area contributed by atoms with Crippen LogP contribution in [0.4, 0.5) is 0 Å². The third kappa shape index (κ3) is 0.919. The van der Waals surface area contributed by atoms with Crippen molar-refractivity contribution < 1.29 is 0 Å². The number of aromatic nitrogens is 3. The van der Waals surface area contributed by atoms with E-state index in [2.05, 4.69) is 15.0 Å². The van der Waals surface area contributed by atoms with Crippen molar-refractivity contribution in [2.24, 2.45) is 0 Å². The maximum absolute atomic E-state index is 12.5. The fourth-order valence-corrected chi connectivity index (χ4v) is 5.16. The fourth-order valence-electron chi connectivity index (χ4n) is 5.16. The van der Waals surface area contributed by atoms with Gasteiger partial charge in [-0.2, -0.15) is 0 Å². The maximum Gasteiger partial charge on any atom is 0.252 e. The summed E-state index contributed by atoms with van der Waals surface area (Å²) in [6, 6.07) is 0. The largest absolute Gasteiger partial charge is 0.325 e. The molecule has 3 aromatic heterocycles. The lowest BCUT2D eigenvalue weighted by Crippen LogP contribution is -2.15. The summed E-state index contributed by atoms with van der Waals surface area (Å²) in [5.41, 5.74) is 4.27. The van der Waals surface area contributed by atoms with Crippen LogP contribution in [0.25, 0.3) is 32.3 Å². The predicted octanol–water partition coefficient (Wildman–Crippen LogP) is 0.924. The van der Waals surface area contributed by atoms with Crippen LogP contribution in [0.3, 0.4) is 0 Å². The Bertz CT molecular complexity index is 1320. The lowest BCUT2D eigenvalue weighted by molar-refractivity contribution is 1.03. The number of hydrogen-bond donors (Lipinski definition) is 3. The molecule has 0 amide bonds. The summed E-state index contributed by atoms with van der Waals surface area (Å²) in [6.07, 6.45) is 1.34. The molecule has 0 saturated carbocycles. The summed E-state index contributed by atoms with van der Waals surface area (Å²) >= 11 is 0. The van der Waals surface area contributed by atoms with Gasteiger partial charge in [0.2, 0.25) is 0 Å². The fraction of sp³-hybridized carbons (Fsp3) is 0.167. The summed E-state index contributed by atoms with van der Waals surface area (Å²) < 4.78 is 0. The maximum atomic E-state index is 12.5. The van der Waals surface area contributed by atoms with Crippen molar-refractivity contribution in [3.63, 3.8) is 0 Å². The highest BCUT2D eigenvalue weighted by atomic mass is 16.1. The Morgan fingerprint density at radius 1 is 0.458 bits per heavy atom. The van der Waals surface area contributed by atoms with Crippen molar-refractivity contribution in [2.75, 3.05) is 0 Å². The smallest absolute Gasteiger partial charge is 0.252 e. The van der Waals surface area contributed by atoms with Crippen molar-refractivity contribution in [1.29, 1.82) is 0 Å². The zero-order valence-electron chi connectivity index (χ0n) is 12.3. The second kappa shape index (κ2) is 3.08. The molecule has 4 aromatic rings. The number of aromatic amines is 3. The molecule has 0 fully saturated rings. The number of nitrogens with one attached hydrogen (secondary N) is 3. The first kappa shape index (κ1) is 11.4. The zero-order chi connectivity index (χ0) is 15.9. The molecule has 3 aliphatic rings. The van der Waals surface area contributed by atoms with Gasteiger partial charge in [0.05, 0.1) is 0 Å². The Morgan fingerprint density at radius 3 is 1.04 bits per heavy atom. The molecule has 7 rings (SSSR count). The van der Waals surface area contributed by atoms with Crippen LogP contribution in [0.15, 0.2) is 14.4 Å². The minimum atomic E-state index is -0.111. The Hall–Kier alpha value is -3.15. The molecule has 6 nitrogen and oxygen atoms in total. The Balaban J connectivity index is 2.04. The minimum Gasteiger partial charge on any atom is -0.325 e. The minimum absolute atomic E-state index is 0.111. The first-order valence-corrected chi connectivity index (χ1v) is 7.98. The van der Waals surface area contributed by atoms with Crippen molar-refractivity contribution in [3.8, 4) is 0 Å². The standard InChI is InChI=1S/C18H9N3O3/c22-16-4-1-7-13-10(4)14-8(20-16)3-6-12(14)15-9(21-18(6)24)2-5(11(13)15)17(23)19-7/h1-3H2,(H,19,23)(H,20,22)(H,21,24). The van der Waals surface area contributed by atoms with Gasteiger partial charge in [-0.3, -0.25) is 14.4 Å². The molecule has 0 spiro atoms. The molecule has 0 bridgehead atoms. The van der Waals surface area contributed by atoms with Gasteiger partial charge in [-0.1, -0.05) is 0 Å². The van der Waals surface area contributed by atoms with Crippen LogP contribution in [0.2, 0.25) is 0 Å². The highest BCUT2D eigenvalue weighted by Gasteiger charge is 2.35. The van der Waals surface area contributed by atoms with E-state index >= 15 is 0 Å². The number of pyridine rings is 3. The third-order valence-corrected chi connectivity index (χ3v) is 5.99. The molecule has 6 heteroatoms. The molecular formula is C18H9N3O3. The van der Waals surface area contributed by atoms with E-state index in [4.69, 9.17) is 0 Å². The van der Waals surface area contributed by atoms with Gasteiger partial charge in [-0.25, -0.2) is 0 Å². The molecule has 0 radical (unpaired) electrons. The molecule has 0 atom stereocenters. The summed E-state index contributed by atoms with van der Waals surface area (Å²) in [5.74, 6) is 0. The first-order chi connectivity index (χ1) is 11.6.